The Bertz CT molecular complexity index is 785. The van der Waals surface area contributed by atoms with Crippen LogP contribution in [0.2, 0.25) is 0 Å². The Morgan fingerprint density at radius 1 is 1.43 bits per heavy atom. The molecule has 8 nitrogen and oxygen atoms in total. The highest BCUT2D eigenvalue weighted by Gasteiger charge is 2.20. The molecule has 0 atom stereocenters. The van der Waals surface area contributed by atoms with Crippen LogP contribution in [0.1, 0.15) is 22.3 Å². The molecule has 0 unspecified atom stereocenters. The van der Waals surface area contributed by atoms with Crippen LogP contribution in [0, 0.1) is 0 Å². The highest BCUT2D eigenvalue weighted by atomic mass is 32.2. The fraction of sp³-hybridized carbons (Fsp3) is 0.182. The molecule has 2 rings (SSSR count). The van der Waals surface area contributed by atoms with E-state index in [0.717, 1.165) is 23.5 Å². The van der Waals surface area contributed by atoms with Crippen LogP contribution < -0.4 is 10.5 Å². The van der Waals surface area contributed by atoms with E-state index in [0.29, 0.717) is 11.4 Å². The Morgan fingerprint density at radius 2 is 2.14 bits per heavy atom. The second-order valence-corrected chi connectivity index (χ2v) is 6.73. The van der Waals surface area contributed by atoms with Gasteiger partial charge in [0.15, 0.2) is 0 Å². The summed E-state index contributed by atoms with van der Waals surface area (Å²) >= 11 is 1.12. The minimum atomic E-state index is -3.94. The number of carboxylic acid groups (broad SMARTS) is 1. The van der Waals surface area contributed by atoms with E-state index in [1.807, 2.05) is 6.92 Å². The number of hydrogen-bond acceptors (Lipinski definition) is 7. The van der Waals surface area contributed by atoms with E-state index < -0.39 is 16.0 Å². The minimum absolute atomic E-state index is 0.0874. The van der Waals surface area contributed by atoms with Gasteiger partial charge in [-0.2, -0.15) is 0 Å². The third-order valence-corrected chi connectivity index (χ3v) is 5.06. The van der Waals surface area contributed by atoms with Gasteiger partial charge in [-0.15, -0.1) is 10.2 Å². The molecule has 0 bridgehead atoms. The van der Waals surface area contributed by atoms with Crippen LogP contribution in [0.15, 0.2) is 23.1 Å². The average Bonchev–Trinajstić information content (AvgIpc) is 2.85. The zero-order valence-electron chi connectivity index (χ0n) is 10.9. The summed E-state index contributed by atoms with van der Waals surface area (Å²) in [6.45, 7) is 1.88. The molecule has 10 heteroatoms. The van der Waals surface area contributed by atoms with Crippen molar-refractivity contribution in [3.8, 4) is 0 Å². The highest BCUT2D eigenvalue weighted by Crippen LogP contribution is 2.24. The topological polar surface area (TPSA) is 135 Å². The third kappa shape index (κ3) is 3.28. The molecule has 2 aromatic rings. The molecule has 0 fully saturated rings. The lowest BCUT2D eigenvalue weighted by molar-refractivity contribution is 0.0697. The van der Waals surface area contributed by atoms with Crippen molar-refractivity contribution < 1.29 is 18.3 Å². The Balaban J connectivity index is 2.33. The van der Waals surface area contributed by atoms with Crippen LogP contribution in [-0.4, -0.2) is 29.7 Å². The second-order valence-electron chi connectivity index (χ2n) is 4.02. The maximum atomic E-state index is 12.2. The summed E-state index contributed by atoms with van der Waals surface area (Å²) in [4.78, 5) is 10.6. The van der Waals surface area contributed by atoms with Gasteiger partial charge in [0, 0.05) is 0 Å². The van der Waals surface area contributed by atoms with Gasteiger partial charge in [0.25, 0.3) is 10.0 Å². The maximum Gasteiger partial charge on any atom is 0.335 e. The van der Waals surface area contributed by atoms with Crippen LogP contribution >= 0.6 is 11.3 Å². The number of rotatable bonds is 5. The number of nitrogens with two attached hydrogens (primary N) is 1. The van der Waals surface area contributed by atoms with Gasteiger partial charge in [-0.25, -0.2) is 13.2 Å². The molecule has 0 aliphatic heterocycles. The first-order chi connectivity index (χ1) is 9.83. The molecule has 0 saturated heterocycles. The molecular weight excluding hydrogens is 316 g/mol. The zero-order chi connectivity index (χ0) is 15.6. The van der Waals surface area contributed by atoms with Gasteiger partial charge in [-0.05, 0) is 24.6 Å². The van der Waals surface area contributed by atoms with E-state index in [9.17, 15) is 13.2 Å². The number of sulfonamides is 1. The summed E-state index contributed by atoms with van der Waals surface area (Å²) < 4.78 is 26.7. The standard InChI is InChI=1S/C11H12N4O4S2/c1-2-9-13-14-11(20-9)15-21(18,19)8-4-3-6(10(16)17)5-7(8)12/h3-5H,2,12H2,1H3,(H,14,15)(H,16,17). The zero-order valence-corrected chi connectivity index (χ0v) is 12.5. The van der Waals surface area contributed by atoms with Gasteiger partial charge in [0.05, 0.1) is 11.3 Å². The SMILES string of the molecule is CCc1nnc(NS(=O)(=O)c2ccc(C(=O)O)cc2N)s1. The van der Waals surface area contributed by atoms with Crippen LogP contribution in [0.3, 0.4) is 0 Å². The first-order valence-electron chi connectivity index (χ1n) is 5.81. The van der Waals surface area contributed by atoms with Gasteiger partial charge < -0.3 is 10.8 Å². The van der Waals surface area contributed by atoms with Crippen molar-refractivity contribution in [1.29, 1.82) is 0 Å². The average molecular weight is 328 g/mol. The number of carbonyl (C=O) groups is 1. The molecule has 0 aliphatic rings. The van der Waals surface area contributed by atoms with Crippen molar-refractivity contribution in [2.24, 2.45) is 0 Å². The fourth-order valence-electron chi connectivity index (χ4n) is 1.53. The summed E-state index contributed by atoms with van der Waals surface area (Å²) in [5.74, 6) is -1.18. The van der Waals surface area contributed by atoms with Gasteiger partial charge in [-0.3, -0.25) is 4.72 Å². The van der Waals surface area contributed by atoms with Crippen molar-refractivity contribution in [3.05, 3.63) is 28.8 Å². The van der Waals surface area contributed by atoms with Crippen LogP contribution in [-0.2, 0) is 16.4 Å². The first kappa shape index (κ1) is 15.2. The van der Waals surface area contributed by atoms with E-state index in [2.05, 4.69) is 14.9 Å². The third-order valence-electron chi connectivity index (χ3n) is 2.54. The molecule has 0 saturated carbocycles. The largest absolute Gasteiger partial charge is 0.478 e. The monoisotopic (exact) mass is 328 g/mol. The Morgan fingerprint density at radius 3 is 2.67 bits per heavy atom. The minimum Gasteiger partial charge on any atom is -0.478 e. The number of aromatic carboxylic acids is 1. The molecule has 0 aliphatic carbocycles. The van der Waals surface area contributed by atoms with Crippen molar-refractivity contribution in [1.82, 2.24) is 10.2 Å². The quantitative estimate of drug-likeness (QED) is 0.701. The normalized spacial score (nSPS) is 11.3. The van der Waals surface area contributed by atoms with Gasteiger partial charge in [-0.1, -0.05) is 18.3 Å². The Kier molecular flexibility index (Phi) is 4.09. The number of benzene rings is 1. The molecule has 0 radical (unpaired) electrons. The summed E-state index contributed by atoms with van der Waals surface area (Å²) in [6.07, 6.45) is 0.648. The smallest absolute Gasteiger partial charge is 0.335 e. The van der Waals surface area contributed by atoms with E-state index in [1.165, 1.54) is 6.07 Å². The summed E-state index contributed by atoms with van der Waals surface area (Å²) in [5, 5.41) is 17.2. The van der Waals surface area contributed by atoms with Crippen molar-refractivity contribution >= 4 is 38.1 Å². The molecule has 0 spiro atoms. The van der Waals surface area contributed by atoms with E-state index in [4.69, 9.17) is 10.8 Å². The number of anilines is 2. The molecular formula is C11H12N4O4S2. The molecule has 1 aromatic heterocycles. The van der Waals surface area contributed by atoms with E-state index in [-0.39, 0.29) is 21.3 Å². The Labute approximate surface area is 124 Å². The lowest BCUT2D eigenvalue weighted by Crippen LogP contribution is -2.15. The van der Waals surface area contributed by atoms with Gasteiger partial charge in [0.2, 0.25) is 5.13 Å². The molecule has 4 N–H and O–H groups in total. The summed E-state index contributed by atoms with van der Waals surface area (Å²) in [5.41, 5.74) is 5.38. The Hall–Kier alpha value is -2.20. The lowest BCUT2D eigenvalue weighted by Gasteiger charge is -2.08. The molecule has 1 heterocycles. The van der Waals surface area contributed by atoms with E-state index >= 15 is 0 Å². The lowest BCUT2D eigenvalue weighted by atomic mass is 10.2. The number of nitrogen functional groups attached to an aromatic ring is 1. The first-order valence-corrected chi connectivity index (χ1v) is 8.11. The maximum absolute atomic E-state index is 12.2. The molecule has 1 aromatic carbocycles. The molecule has 21 heavy (non-hydrogen) atoms. The van der Waals surface area contributed by atoms with Crippen molar-refractivity contribution in [2.45, 2.75) is 18.2 Å². The van der Waals surface area contributed by atoms with Crippen molar-refractivity contribution in [2.75, 3.05) is 10.5 Å². The van der Waals surface area contributed by atoms with E-state index in [1.54, 1.807) is 0 Å². The molecule has 0 amide bonds. The van der Waals surface area contributed by atoms with Crippen molar-refractivity contribution in [3.63, 3.8) is 0 Å². The summed E-state index contributed by atoms with van der Waals surface area (Å²) in [7, 11) is -3.94. The number of nitrogens with zero attached hydrogens (tertiary/aromatic N) is 2. The van der Waals surface area contributed by atoms with Gasteiger partial charge >= 0.3 is 5.97 Å². The number of aryl methyl sites for hydroxylation is 1. The summed E-state index contributed by atoms with van der Waals surface area (Å²) in [6, 6.07) is 3.40. The fourth-order valence-corrected chi connectivity index (χ4v) is 3.56. The van der Waals surface area contributed by atoms with Crippen LogP contribution in [0.4, 0.5) is 10.8 Å². The molecule has 112 valence electrons. The number of nitrogens with one attached hydrogen (secondary N) is 1. The number of hydrogen-bond donors (Lipinski definition) is 3. The number of carboxylic acids is 1. The predicted molar refractivity (Wildman–Crippen MR) is 77.9 cm³/mol. The highest BCUT2D eigenvalue weighted by molar-refractivity contribution is 7.93. The van der Waals surface area contributed by atoms with Crippen LogP contribution in [0.5, 0.6) is 0 Å². The second kappa shape index (κ2) is 5.66. The number of aromatic nitrogens is 2. The van der Waals surface area contributed by atoms with Crippen LogP contribution in [0.25, 0.3) is 0 Å². The van der Waals surface area contributed by atoms with Gasteiger partial charge in [0.1, 0.15) is 9.90 Å². The predicted octanol–water partition coefficient (Wildman–Crippen LogP) is 1.18.